The number of unbranched alkanes of at least 4 members (excludes halogenated alkanes) is 49. The maximum Gasteiger partial charge on any atom is 0.472 e. The summed E-state index contributed by atoms with van der Waals surface area (Å²) in [6, 6.07) is 0. The third kappa shape index (κ3) is 76.3. The molecule has 2 unspecified atom stereocenters. The minimum Gasteiger partial charge on any atom is -0.462 e. The molecule has 0 aliphatic carbocycles. The molecule has 0 aliphatic heterocycles. The molecule has 19 heteroatoms. The van der Waals surface area contributed by atoms with Gasteiger partial charge in [-0.25, -0.2) is 9.13 Å². The molecular formula is C83H162O17P2. The first-order chi connectivity index (χ1) is 49.2. The second-order valence-electron chi connectivity index (χ2n) is 31.3. The number of aliphatic hydroxyl groups is 1. The zero-order valence-electron chi connectivity index (χ0n) is 67.1. The molecule has 606 valence electrons. The topological polar surface area (TPSA) is 237 Å². The second kappa shape index (κ2) is 73.2. The van der Waals surface area contributed by atoms with Crippen LogP contribution >= 0.6 is 15.6 Å². The molecule has 0 saturated carbocycles. The Morgan fingerprint density at radius 3 is 0.667 bits per heavy atom. The third-order valence-corrected chi connectivity index (χ3v) is 21.3. The number of phosphoric acid groups is 2. The van der Waals surface area contributed by atoms with Crippen molar-refractivity contribution in [3.63, 3.8) is 0 Å². The Morgan fingerprint density at radius 2 is 0.451 bits per heavy atom. The van der Waals surface area contributed by atoms with Crippen molar-refractivity contribution in [3.05, 3.63) is 0 Å². The van der Waals surface area contributed by atoms with E-state index in [0.29, 0.717) is 25.7 Å². The molecule has 102 heavy (non-hydrogen) atoms. The van der Waals surface area contributed by atoms with Gasteiger partial charge in [-0.3, -0.25) is 37.3 Å². The van der Waals surface area contributed by atoms with Gasteiger partial charge in [0.25, 0.3) is 0 Å². The Labute approximate surface area is 626 Å². The zero-order valence-corrected chi connectivity index (χ0v) is 68.9. The van der Waals surface area contributed by atoms with Crippen LogP contribution in [0.5, 0.6) is 0 Å². The van der Waals surface area contributed by atoms with Crippen molar-refractivity contribution in [1.82, 2.24) is 0 Å². The number of carbonyl (C=O) groups is 4. The van der Waals surface area contributed by atoms with Crippen LogP contribution in [0, 0.1) is 17.8 Å². The van der Waals surface area contributed by atoms with Gasteiger partial charge in [0.05, 0.1) is 26.4 Å². The second-order valence-corrected chi connectivity index (χ2v) is 34.2. The Kier molecular flexibility index (Phi) is 71.8. The Bertz CT molecular complexity index is 1970. The number of rotatable bonds is 81. The van der Waals surface area contributed by atoms with Crippen molar-refractivity contribution < 1.29 is 80.2 Å². The van der Waals surface area contributed by atoms with E-state index < -0.39 is 97.5 Å². The van der Waals surface area contributed by atoms with Crippen LogP contribution in [-0.4, -0.2) is 96.7 Å². The molecule has 0 bridgehead atoms. The van der Waals surface area contributed by atoms with Crippen LogP contribution in [0.2, 0.25) is 0 Å². The van der Waals surface area contributed by atoms with Crippen molar-refractivity contribution in [2.24, 2.45) is 17.8 Å². The van der Waals surface area contributed by atoms with Gasteiger partial charge in [-0.15, -0.1) is 0 Å². The van der Waals surface area contributed by atoms with Gasteiger partial charge in [0.1, 0.15) is 19.3 Å². The maximum atomic E-state index is 13.1. The summed E-state index contributed by atoms with van der Waals surface area (Å²) < 4.78 is 68.8. The number of ether oxygens (including phenoxy) is 4. The normalized spacial score (nSPS) is 13.9. The molecule has 0 aliphatic rings. The van der Waals surface area contributed by atoms with Gasteiger partial charge < -0.3 is 33.8 Å². The van der Waals surface area contributed by atoms with Crippen molar-refractivity contribution in [2.45, 2.75) is 452 Å². The predicted octanol–water partition coefficient (Wildman–Crippen LogP) is 24.9. The molecule has 0 aromatic carbocycles. The molecule has 0 amide bonds. The minimum atomic E-state index is -4.96. The summed E-state index contributed by atoms with van der Waals surface area (Å²) in [5, 5.41) is 10.7. The predicted molar refractivity (Wildman–Crippen MR) is 418 cm³/mol. The summed E-state index contributed by atoms with van der Waals surface area (Å²) in [6.07, 6.45) is 62.6. The fourth-order valence-corrected chi connectivity index (χ4v) is 14.4. The highest BCUT2D eigenvalue weighted by Gasteiger charge is 2.30. The van der Waals surface area contributed by atoms with Crippen LogP contribution in [0.25, 0.3) is 0 Å². The molecule has 0 saturated heterocycles. The Hall–Kier alpha value is -1.94. The summed E-state index contributed by atoms with van der Waals surface area (Å²) in [4.78, 5) is 73.1. The first-order valence-corrected chi connectivity index (χ1v) is 45.8. The molecule has 3 N–H and O–H groups in total. The van der Waals surface area contributed by atoms with E-state index in [0.717, 1.165) is 108 Å². The van der Waals surface area contributed by atoms with Gasteiger partial charge in [-0.1, -0.05) is 382 Å². The first-order valence-electron chi connectivity index (χ1n) is 42.8. The lowest BCUT2D eigenvalue weighted by Gasteiger charge is -2.21. The van der Waals surface area contributed by atoms with Gasteiger partial charge >= 0.3 is 39.5 Å². The third-order valence-electron chi connectivity index (χ3n) is 19.4. The lowest BCUT2D eigenvalue weighted by Crippen LogP contribution is -2.30. The molecule has 0 radical (unpaired) electrons. The molecule has 17 nitrogen and oxygen atoms in total. The summed E-state index contributed by atoms with van der Waals surface area (Å²) in [7, 11) is -9.92. The van der Waals surface area contributed by atoms with E-state index in [4.69, 9.17) is 37.0 Å². The van der Waals surface area contributed by atoms with Crippen LogP contribution < -0.4 is 0 Å². The minimum absolute atomic E-state index is 0.105. The average molecular weight is 1490 g/mol. The highest BCUT2D eigenvalue weighted by molar-refractivity contribution is 7.47. The number of hydrogen-bond acceptors (Lipinski definition) is 15. The SMILES string of the molecule is CCCCCCCCCCCCCCCCCCCCCCCCC(=O)O[C@H](COC(=O)CCCCCCCCCCCCCCCC(C)C)COP(=O)(O)OC[C@@H](O)COP(=O)(O)OC[C@@H](COC(=O)CCCCCCCCCCCC(C)C)OC(=O)CCCCCCCCCCCC(C)C. The van der Waals surface area contributed by atoms with Crippen LogP contribution in [-0.2, 0) is 65.4 Å². The van der Waals surface area contributed by atoms with E-state index in [9.17, 15) is 43.2 Å². The van der Waals surface area contributed by atoms with E-state index in [1.807, 2.05) is 0 Å². The van der Waals surface area contributed by atoms with Gasteiger partial charge in [0.15, 0.2) is 12.2 Å². The van der Waals surface area contributed by atoms with Crippen LogP contribution in [0.3, 0.4) is 0 Å². The van der Waals surface area contributed by atoms with E-state index in [2.05, 4.69) is 48.5 Å². The van der Waals surface area contributed by atoms with E-state index in [1.165, 1.54) is 244 Å². The van der Waals surface area contributed by atoms with Crippen LogP contribution in [0.1, 0.15) is 434 Å². The zero-order chi connectivity index (χ0) is 75.1. The maximum absolute atomic E-state index is 13.1. The fourth-order valence-electron chi connectivity index (χ4n) is 12.8. The smallest absolute Gasteiger partial charge is 0.462 e. The van der Waals surface area contributed by atoms with Gasteiger partial charge in [-0.2, -0.15) is 0 Å². The first kappa shape index (κ1) is 100. The number of hydrogen-bond donors (Lipinski definition) is 3. The van der Waals surface area contributed by atoms with E-state index in [1.54, 1.807) is 0 Å². The molecule has 0 fully saturated rings. The van der Waals surface area contributed by atoms with Crippen molar-refractivity contribution >= 4 is 39.5 Å². The largest absolute Gasteiger partial charge is 0.472 e. The lowest BCUT2D eigenvalue weighted by molar-refractivity contribution is -0.161. The summed E-state index contributed by atoms with van der Waals surface area (Å²) in [5.74, 6) is 0.160. The van der Waals surface area contributed by atoms with Crippen molar-refractivity contribution in [3.8, 4) is 0 Å². The van der Waals surface area contributed by atoms with Gasteiger partial charge in [0, 0.05) is 25.7 Å². The average Bonchev–Trinajstić information content (AvgIpc) is 0.925. The summed E-state index contributed by atoms with van der Waals surface area (Å²) >= 11 is 0. The molecule has 0 heterocycles. The quantitative estimate of drug-likeness (QED) is 0.0222. The molecule has 0 aromatic heterocycles. The fraction of sp³-hybridized carbons (Fsp3) is 0.952. The monoisotopic (exact) mass is 1490 g/mol. The molecule has 5 atom stereocenters. The van der Waals surface area contributed by atoms with Crippen LogP contribution in [0.4, 0.5) is 0 Å². The standard InChI is InChI=1S/C83H162O17P2/c1-8-9-10-11-12-13-14-15-16-17-18-19-20-21-22-23-26-30-37-45-52-59-66-82(87)99-78(70-93-80(85)64-57-50-43-36-29-27-24-25-28-33-40-47-54-61-74(2)3)72-97-101(89,90)95-68-77(84)69-96-102(91,92)98-73-79(100-83(88)67-60-53-46-39-32-35-42-49-56-63-76(6)7)71-94-81(86)65-58-51-44-38-31-34-41-48-55-62-75(4)5/h74-79,84H,8-73H2,1-7H3,(H,89,90)(H,91,92)/t77-,78-,79-/m1/s1. The molecule has 0 rings (SSSR count). The Balaban J connectivity index is 5.22. The highest BCUT2D eigenvalue weighted by Crippen LogP contribution is 2.45. The molecule has 0 aromatic rings. The van der Waals surface area contributed by atoms with Crippen molar-refractivity contribution in [1.29, 1.82) is 0 Å². The van der Waals surface area contributed by atoms with Gasteiger partial charge in [-0.05, 0) is 43.4 Å². The summed E-state index contributed by atoms with van der Waals surface area (Å²) in [5.41, 5.74) is 0. The summed E-state index contributed by atoms with van der Waals surface area (Å²) in [6.45, 7) is 11.9. The van der Waals surface area contributed by atoms with Gasteiger partial charge in [0.2, 0.25) is 0 Å². The van der Waals surface area contributed by atoms with E-state index in [-0.39, 0.29) is 25.7 Å². The van der Waals surface area contributed by atoms with E-state index >= 15 is 0 Å². The number of carbonyl (C=O) groups excluding carboxylic acids is 4. The number of phosphoric ester groups is 2. The van der Waals surface area contributed by atoms with Crippen molar-refractivity contribution in [2.75, 3.05) is 39.6 Å². The number of esters is 4. The Morgan fingerprint density at radius 1 is 0.265 bits per heavy atom. The molecule has 0 spiro atoms. The highest BCUT2D eigenvalue weighted by atomic mass is 31.2. The molecular weight excluding hydrogens is 1330 g/mol. The van der Waals surface area contributed by atoms with Crippen LogP contribution in [0.15, 0.2) is 0 Å². The number of aliphatic hydroxyl groups excluding tert-OH is 1. The lowest BCUT2D eigenvalue weighted by atomic mass is 10.0.